The third-order valence-electron chi connectivity index (χ3n) is 3.65. The minimum atomic E-state index is -3.43. The first-order valence-corrected chi connectivity index (χ1v) is 8.67. The number of carbonyl (C=O) groups is 1. The summed E-state index contributed by atoms with van der Waals surface area (Å²) in [5.41, 5.74) is 6.63. The van der Waals surface area contributed by atoms with Crippen molar-refractivity contribution in [1.29, 1.82) is 0 Å². The van der Waals surface area contributed by atoms with Crippen molar-refractivity contribution in [2.45, 2.75) is 23.8 Å². The number of piperidine rings is 1. The van der Waals surface area contributed by atoms with E-state index in [9.17, 15) is 13.2 Å². The Morgan fingerprint density at radius 2 is 2.00 bits per heavy atom. The molecule has 2 rings (SSSR count). The second kappa shape index (κ2) is 8.44. The van der Waals surface area contributed by atoms with Crippen LogP contribution in [0.2, 0.25) is 0 Å². The van der Waals surface area contributed by atoms with Gasteiger partial charge in [-0.3, -0.25) is 4.79 Å². The molecule has 1 fully saturated rings. The first-order valence-electron chi connectivity index (χ1n) is 7.18. The van der Waals surface area contributed by atoms with Gasteiger partial charge in [-0.25, -0.2) is 13.1 Å². The molecule has 1 heterocycles. The van der Waals surface area contributed by atoms with E-state index in [0.29, 0.717) is 6.54 Å². The third kappa shape index (κ3) is 5.31. The van der Waals surface area contributed by atoms with Crippen LogP contribution in [-0.4, -0.2) is 45.4 Å². The molecule has 8 heteroatoms. The van der Waals surface area contributed by atoms with Crippen LogP contribution in [0.25, 0.3) is 6.08 Å². The molecule has 0 saturated carbocycles. The molecule has 0 bridgehead atoms. The van der Waals surface area contributed by atoms with E-state index >= 15 is 0 Å². The highest BCUT2D eigenvalue weighted by Crippen LogP contribution is 2.12. The van der Waals surface area contributed by atoms with Crippen molar-refractivity contribution in [1.82, 2.24) is 9.62 Å². The van der Waals surface area contributed by atoms with Crippen molar-refractivity contribution in [2.75, 3.05) is 20.1 Å². The molecule has 3 N–H and O–H groups in total. The van der Waals surface area contributed by atoms with Crippen LogP contribution < -0.4 is 10.5 Å². The van der Waals surface area contributed by atoms with Crippen LogP contribution in [0.5, 0.6) is 0 Å². The number of hydrogen-bond acceptors (Lipinski definition) is 4. The number of halogens is 1. The first-order chi connectivity index (χ1) is 10.4. The third-order valence-corrected chi connectivity index (χ3v) is 5.08. The summed E-state index contributed by atoms with van der Waals surface area (Å²) in [5, 5.41) is 0. The van der Waals surface area contributed by atoms with Crippen LogP contribution in [0, 0.1) is 0 Å². The summed E-state index contributed by atoms with van der Waals surface area (Å²) in [6.07, 6.45) is 5.06. The van der Waals surface area contributed by atoms with Crippen molar-refractivity contribution in [3.05, 3.63) is 35.9 Å². The summed E-state index contributed by atoms with van der Waals surface area (Å²) in [6.45, 7) is 1.32. The molecule has 1 aromatic rings. The second-order valence-electron chi connectivity index (χ2n) is 5.30. The van der Waals surface area contributed by atoms with Gasteiger partial charge in [-0.1, -0.05) is 12.1 Å². The Hall–Kier alpha value is -1.41. The number of carbonyl (C=O) groups excluding carboxylic acids is 1. The largest absolute Gasteiger partial charge is 0.338 e. The zero-order valence-electron chi connectivity index (χ0n) is 12.9. The van der Waals surface area contributed by atoms with Crippen LogP contribution in [0.1, 0.15) is 18.4 Å². The number of amides is 1. The maximum atomic E-state index is 12.1. The van der Waals surface area contributed by atoms with E-state index in [1.54, 1.807) is 23.1 Å². The van der Waals surface area contributed by atoms with Crippen LogP contribution in [0.3, 0.4) is 0 Å². The van der Waals surface area contributed by atoms with E-state index in [1.165, 1.54) is 25.3 Å². The van der Waals surface area contributed by atoms with Gasteiger partial charge in [0.25, 0.3) is 0 Å². The van der Waals surface area contributed by atoms with E-state index in [4.69, 9.17) is 5.73 Å². The normalized spacial score (nSPS) is 18.7. The highest BCUT2D eigenvalue weighted by molar-refractivity contribution is 7.89. The number of benzene rings is 1. The Morgan fingerprint density at radius 1 is 1.35 bits per heavy atom. The SMILES string of the molecule is CNS(=O)(=O)c1ccc(C=CC(=O)N2CCCC(N)C2)cc1.Cl. The molecule has 1 aromatic carbocycles. The second-order valence-corrected chi connectivity index (χ2v) is 7.18. The number of hydrogen-bond donors (Lipinski definition) is 2. The number of likely N-dealkylation sites (tertiary alicyclic amines) is 1. The summed E-state index contributed by atoms with van der Waals surface area (Å²) < 4.78 is 25.5. The molecule has 1 amide bonds. The van der Waals surface area contributed by atoms with Gasteiger partial charge in [0.05, 0.1) is 4.90 Å². The lowest BCUT2D eigenvalue weighted by atomic mass is 10.1. The lowest BCUT2D eigenvalue weighted by molar-refractivity contribution is -0.127. The fourth-order valence-electron chi connectivity index (χ4n) is 2.36. The van der Waals surface area contributed by atoms with Gasteiger partial charge in [0, 0.05) is 25.2 Å². The monoisotopic (exact) mass is 359 g/mol. The Morgan fingerprint density at radius 3 is 2.57 bits per heavy atom. The van der Waals surface area contributed by atoms with Gasteiger partial charge in [-0.15, -0.1) is 12.4 Å². The highest BCUT2D eigenvalue weighted by Gasteiger charge is 2.19. The summed E-state index contributed by atoms with van der Waals surface area (Å²) in [4.78, 5) is 14.0. The predicted octanol–water partition coefficient (Wildman–Crippen LogP) is 0.979. The van der Waals surface area contributed by atoms with Gasteiger partial charge in [-0.2, -0.15) is 0 Å². The van der Waals surface area contributed by atoms with Crippen LogP contribution in [0.4, 0.5) is 0 Å². The fourth-order valence-corrected chi connectivity index (χ4v) is 3.09. The van der Waals surface area contributed by atoms with Crippen LogP contribution >= 0.6 is 12.4 Å². The standard InChI is InChI=1S/C15H21N3O3S.ClH/c1-17-22(20,21)14-7-4-12(5-8-14)6-9-15(19)18-10-2-3-13(16)11-18;/h4-9,13,17H,2-3,10-11,16H2,1H3;1H. The lowest BCUT2D eigenvalue weighted by Gasteiger charge is -2.29. The van der Waals surface area contributed by atoms with E-state index in [2.05, 4.69) is 4.72 Å². The zero-order chi connectivity index (χ0) is 16.2. The van der Waals surface area contributed by atoms with E-state index < -0.39 is 10.0 Å². The van der Waals surface area contributed by atoms with Gasteiger partial charge in [0.1, 0.15) is 0 Å². The minimum Gasteiger partial charge on any atom is -0.338 e. The van der Waals surface area contributed by atoms with Crippen LogP contribution in [0.15, 0.2) is 35.2 Å². The minimum absolute atomic E-state index is 0. The van der Waals surface area contributed by atoms with Gasteiger partial charge in [0.2, 0.25) is 15.9 Å². The van der Waals surface area contributed by atoms with E-state index in [-0.39, 0.29) is 29.3 Å². The molecule has 0 aromatic heterocycles. The number of nitrogens with zero attached hydrogens (tertiary/aromatic N) is 1. The Kier molecular flexibility index (Phi) is 7.21. The summed E-state index contributed by atoms with van der Waals surface area (Å²) >= 11 is 0. The molecule has 23 heavy (non-hydrogen) atoms. The van der Waals surface area contributed by atoms with Crippen molar-refractivity contribution in [2.24, 2.45) is 5.73 Å². The fraction of sp³-hybridized carbons (Fsp3) is 0.400. The van der Waals surface area contributed by atoms with Crippen molar-refractivity contribution >= 4 is 34.4 Å². The first kappa shape index (κ1) is 19.6. The summed E-state index contributed by atoms with van der Waals surface area (Å²) in [5.74, 6) is -0.0675. The molecule has 1 atom stereocenters. The Balaban J connectivity index is 0.00000264. The molecule has 1 saturated heterocycles. The molecule has 1 aliphatic rings. The molecule has 0 aliphatic carbocycles. The molecular formula is C15H22ClN3O3S. The van der Waals surface area contributed by atoms with Gasteiger partial charge in [-0.05, 0) is 43.7 Å². The Labute approximate surface area is 143 Å². The van der Waals surface area contributed by atoms with Crippen molar-refractivity contribution < 1.29 is 13.2 Å². The number of sulfonamides is 1. The number of nitrogens with two attached hydrogens (primary N) is 1. The summed E-state index contributed by atoms with van der Waals surface area (Å²) in [7, 11) is -2.07. The van der Waals surface area contributed by atoms with E-state index in [0.717, 1.165) is 24.9 Å². The van der Waals surface area contributed by atoms with E-state index in [1.807, 2.05) is 0 Å². The molecule has 0 radical (unpaired) electrons. The predicted molar refractivity (Wildman–Crippen MR) is 92.8 cm³/mol. The molecule has 128 valence electrons. The smallest absolute Gasteiger partial charge is 0.246 e. The molecule has 0 spiro atoms. The molecule has 1 aliphatic heterocycles. The maximum absolute atomic E-state index is 12.1. The molecule has 1 unspecified atom stereocenters. The Bertz CT molecular complexity index is 659. The average Bonchev–Trinajstić information content (AvgIpc) is 2.53. The molecule has 6 nitrogen and oxygen atoms in total. The van der Waals surface area contributed by atoms with Crippen molar-refractivity contribution in [3.8, 4) is 0 Å². The number of rotatable bonds is 4. The van der Waals surface area contributed by atoms with Gasteiger partial charge in [0.15, 0.2) is 0 Å². The molecular weight excluding hydrogens is 338 g/mol. The summed E-state index contributed by atoms with van der Waals surface area (Å²) in [6, 6.07) is 6.39. The van der Waals surface area contributed by atoms with Crippen molar-refractivity contribution in [3.63, 3.8) is 0 Å². The quantitative estimate of drug-likeness (QED) is 0.784. The zero-order valence-corrected chi connectivity index (χ0v) is 14.6. The number of nitrogens with one attached hydrogen (secondary N) is 1. The maximum Gasteiger partial charge on any atom is 0.246 e. The van der Waals surface area contributed by atoms with Gasteiger partial charge >= 0.3 is 0 Å². The topological polar surface area (TPSA) is 92.5 Å². The van der Waals surface area contributed by atoms with Crippen LogP contribution in [-0.2, 0) is 14.8 Å². The highest BCUT2D eigenvalue weighted by atomic mass is 35.5. The lowest BCUT2D eigenvalue weighted by Crippen LogP contribution is -2.45. The average molecular weight is 360 g/mol. The van der Waals surface area contributed by atoms with Gasteiger partial charge < -0.3 is 10.6 Å².